The number of Topliss-reactive ketones (excluding diaryl/α,β-unsaturated/α-hetero) is 1. The van der Waals surface area contributed by atoms with Gasteiger partial charge in [0.2, 0.25) is 0 Å². The molecule has 0 fully saturated rings. The number of carbonyl (C=O) groups is 1. The number of aryl methyl sites for hydroxylation is 2. The Hall–Kier alpha value is -1.31. The Kier molecular flexibility index (Phi) is 4.28. The number of carbonyl (C=O) groups excluding carboxylic acids is 1. The molecule has 0 spiro atoms. The molecule has 98 valence electrons. The van der Waals surface area contributed by atoms with Gasteiger partial charge in [-0.3, -0.25) is 4.79 Å². The van der Waals surface area contributed by atoms with E-state index < -0.39 is 0 Å². The quantitative estimate of drug-likeness (QED) is 0.725. The second-order valence-electron chi connectivity index (χ2n) is 4.63. The minimum atomic E-state index is 0.0294. The first kappa shape index (κ1) is 14.1. The van der Waals surface area contributed by atoms with Crippen molar-refractivity contribution in [3.8, 4) is 0 Å². The molecule has 3 heteroatoms. The maximum absolute atomic E-state index is 12.3. The maximum Gasteiger partial charge on any atom is 0.167 e. The molecule has 0 saturated carbocycles. The molecule has 0 N–H and O–H groups in total. The zero-order chi connectivity index (χ0) is 14.0. The van der Waals surface area contributed by atoms with Gasteiger partial charge >= 0.3 is 0 Å². The van der Waals surface area contributed by atoms with Crippen LogP contribution in [-0.4, -0.2) is 5.78 Å². The van der Waals surface area contributed by atoms with Crippen molar-refractivity contribution >= 4 is 29.0 Å². The fourth-order valence-corrected chi connectivity index (χ4v) is 2.63. The van der Waals surface area contributed by atoms with Crippen molar-refractivity contribution in [2.24, 2.45) is 0 Å². The fourth-order valence-electron chi connectivity index (χ4n) is 2.11. The summed E-state index contributed by atoms with van der Waals surface area (Å²) in [5.74, 6) is 0.0294. The molecule has 0 saturated heterocycles. The van der Waals surface area contributed by atoms with Crippen LogP contribution in [0.3, 0.4) is 0 Å². The van der Waals surface area contributed by atoms with E-state index in [1.54, 1.807) is 18.2 Å². The van der Waals surface area contributed by atoms with E-state index in [1.807, 2.05) is 32.0 Å². The van der Waals surface area contributed by atoms with Crippen molar-refractivity contribution in [3.05, 3.63) is 68.7 Å². The summed E-state index contributed by atoms with van der Waals surface area (Å²) in [5.41, 5.74) is 3.88. The van der Waals surface area contributed by atoms with E-state index in [1.165, 1.54) is 0 Å². The highest BCUT2D eigenvalue weighted by Gasteiger charge is 2.12. The van der Waals surface area contributed by atoms with Crippen molar-refractivity contribution in [3.63, 3.8) is 0 Å². The summed E-state index contributed by atoms with van der Waals surface area (Å²) in [6.07, 6.45) is 0.370. The van der Waals surface area contributed by atoms with Crippen LogP contribution in [0.1, 0.15) is 27.0 Å². The first-order valence-corrected chi connectivity index (χ1v) is 6.77. The van der Waals surface area contributed by atoms with Gasteiger partial charge in [0.05, 0.1) is 0 Å². The molecule has 2 rings (SSSR count). The van der Waals surface area contributed by atoms with Crippen LogP contribution in [-0.2, 0) is 6.42 Å². The second-order valence-corrected chi connectivity index (χ2v) is 5.50. The van der Waals surface area contributed by atoms with Crippen molar-refractivity contribution in [1.82, 2.24) is 0 Å². The van der Waals surface area contributed by atoms with Gasteiger partial charge in [0.15, 0.2) is 5.78 Å². The summed E-state index contributed by atoms with van der Waals surface area (Å²) in [6.45, 7) is 4.03. The lowest BCUT2D eigenvalue weighted by Gasteiger charge is -2.09. The molecule has 19 heavy (non-hydrogen) atoms. The molecular weight excluding hydrogens is 279 g/mol. The average Bonchev–Trinajstić information content (AvgIpc) is 2.32. The first-order chi connectivity index (χ1) is 8.97. The maximum atomic E-state index is 12.3. The van der Waals surface area contributed by atoms with Crippen LogP contribution in [0.5, 0.6) is 0 Å². The highest BCUT2D eigenvalue weighted by atomic mass is 35.5. The molecule has 2 aromatic rings. The zero-order valence-corrected chi connectivity index (χ0v) is 12.3. The van der Waals surface area contributed by atoms with E-state index in [2.05, 4.69) is 0 Å². The van der Waals surface area contributed by atoms with Crippen molar-refractivity contribution < 1.29 is 4.79 Å². The lowest BCUT2D eigenvalue weighted by Crippen LogP contribution is -2.06. The Labute approximate surface area is 123 Å². The highest BCUT2D eigenvalue weighted by Crippen LogP contribution is 2.22. The molecule has 1 nitrogen and oxygen atoms in total. The molecule has 0 bridgehead atoms. The number of halogens is 2. The molecule has 0 heterocycles. The van der Waals surface area contributed by atoms with Crippen molar-refractivity contribution in [2.75, 3.05) is 0 Å². The molecule has 0 aliphatic rings. The van der Waals surface area contributed by atoms with Gasteiger partial charge in [0.1, 0.15) is 0 Å². The van der Waals surface area contributed by atoms with E-state index in [4.69, 9.17) is 23.2 Å². The standard InChI is InChI=1S/C16H14Cl2O/c1-10-4-3-5-11(2)15(10)9-16(19)12-6-13(17)8-14(18)7-12/h3-8H,9H2,1-2H3. The van der Waals surface area contributed by atoms with E-state index in [0.717, 1.165) is 16.7 Å². The van der Waals surface area contributed by atoms with Crippen LogP contribution < -0.4 is 0 Å². The van der Waals surface area contributed by atoms with Gasteiger partial charge in [-0.05, 0) is 48.7 Å². The number of ketones is 1. The van der Waals surface area contributed by atoms with E-state index in [9.17, 15) is 4.79 Å². The Bertz CT molecular complexity index is 592. The van der Waals surface area contributed by atoms with Gasteiger partial charge in [-0.15, -0.1) is 0 Å². The molecular formula is C16H14Cl2O. The third-order valence-corrected chi connectivity index (χ3v) is 3.60. The minimum absolute atomic E-state index is 0.0294. The summed E-state index contributed by atoms with van der Waals surface area (Å²) in [4.78, 5) is 12.3. The van der Waals surface area contributed by atoms with Gasteiger partial charge in [0, 0.05) is 22.0 Å². The SMILES string of the molecule is Cc1cccc(C)c1CC(=O)c1cc(Cl)cc(Cl)c1. The summed E-state index contributed by atoms with van der Waals surface area (Å²) < 4.78 is 0. The summed E-state index contributed by atoms with van der Waals surface area (Å²) in [5, 5.41) is 0.967. The van der Waals surface area contributed by atoms with Crippen LogP contribution in [0.15, 0.2) is 36.4 Å². The number of hydrogen-bond acceptors (Lipinski definition) is 1. The Morgan fingerprint density at radius 3 is 2.05 bits per heavy atom. The Morgan fingerprint density at radius 1 is 1.00 bits per heavy atom. The van der Waals surface area contributed by atoms with Crippen LogP contribution in [0.4, 0.5) is 0 Å². The predicted molar refractivity (Wildman–Crippen MR) is 80.4 cm³/mol. The molecule has 0 atom stereocenters. The van der Waals surface area contributed by atoms with Crippen LogP contribution in [0.25, 0.3) is 0 Å². The summed E-state index contributed by atoms with van der Waals surface area (Å²) in [7, 11) is 0. The number of hydrogen-bond donors (Lipinski definition) is 0. The zero-order valence-electron chi connectivity index (χ0n) is 10.8. The van der Waals surface area contributed by atoms with Gasteiger partial charge < -0.3 is 0 Å². The largest absolute Gasteiger partial charge is 0.294 e. The summed E-state index contributed by atoms with van der Waals surface area (Å²) in [6, 6.07) is 11.0. The third kappa shape index (κ3) is 3.37. The lowest BCUT2D eigenvalue weighted by molar-refractivity contribution is 0.0992. The Balaban J connectivity index is 2.31. The van der Waals surface area contributed by atoms with Crippen LogP contribution in [0, 0.1) is 13.8 Å². The molecule has 2 aromatic carbocycles. The highest BCUT2D eigenvalue weighted by molar-refractivity contribution is 6.35. The van der Waals surface area contributed by atoms with Crippen molar-refractivity contribution in [2.45, 2.75) is 20.3 Å². The number of benzene rings is 2. The van der Waals surface area contributed by atoms with Crippen LogP contribution in [0.2, 0.25) is 10.0 Å². The Morgan fingerprint density at radius 2 is 1.53 bits per heavy atom. The van der Waals surface area contributed by atoms with E-state index in [-0.39, 0.29) is 5.78 Å². The van der Waals surface area contributed by atoms with Gasteiger partial charge in [0.25, 0.3) is 0 Å². The lowest BCUT2D eigenvalue weighted by atomic mass is 9.95. The fraction of sp³-hybridized carbons (Fsp3) is 0.188. The average molecular weight is 293 g/mol. The predicted octanol–water partition coefficient (Wildman–Crippen LogP) is 5.04. The number of rotatable bonds is 3. The molecule has 0 amide bonds. The van der Waals surface area contributed by atoms with E-state index >= 15 is 0 Å². The third-order valence-electron chi connectivity index (χ3n) is 3.17. The second kappa shape index (κ2) is 5.77. The van der Waals surface area contributed by atoms with Gasteiger partial charge in [-0.1, -0.05) is 41.4 Å². The molecule has 0 aliphatic carbocycles. The van der Waals surface area contributed by atoms with Crippen molar-refractivity contribution in [1.29, 1.82) is 0 Å². The molecule has 0 aromatic heterocycles. The van der Waals surface area contributed by atoms with E-state index in [0.29, 0.717) is 22.0 Å². The molecule has 0 radical (unpaired) electrons. The normalized spacial score (nSPS) is 10.5. The first-order valence-electron chi connectivity index (χ1n) is 6.02. The van der Waals surface area contributed by atoms with Gasteiger partial charge in [-0.2, -0.15) is 0 Å². The molecule has 0 unspecified atom stereocenters. The summed E-state index contributed by atoms with van der Waals surface area (Å²) >= 11 is 11.8. The van der Waals surface area contributed by atoms with Crippen LogP contribution >= 0.6 is 23.2 Å². The topological polar surface area (TPSA) is 17.1 Å². The smallest absolute Gasteiger partial charge is 0.167 e. The monoisotopic (exact) mass is 292 g/mol. The van der Waals surface area contributed by atoms with Gasteiger partial charge in [-0.25, -0.2) is 0 Å². The minimum Gasteiger partial charge on any atom is -0.294 e. The molecule has 0 aliphatic heterocycles.